The first-order chi connectivity index (χ1) is 9.38. The van der Waals surface area contributed by atoms with Gasteiger partial charge in [0.25, 0.3) is 0 Å². The Kier molecular flexibility index (Phi) is 5.97. The number of likely N-dealkylation sites (N-methyl/N-ethyl adjacent to an activating group) is 1. The summed E-state index contributed by atoms with van der Waals surface area (Å²) in [4.78, 5) is 13.5. The van der Waals surface area contributed by atoms with Crippen LogP contribution in [0.25, 0.3) is 0 Å². The fourth-order valence-electron chi connectivity index (χ4n) is 1.76. The van der Waals surface area contributed by atoms with E-state index in [9.17, 15) is 18.0 Å². The van der Waals surface area contributed by atoms with Crippen LogP contribution in [-0.4, -0.2) is 37.0 Å². The van der Waals surface area contributed by atoms with Crippen LogP contribution in [0.3, 0.4) is 0 Å². The smallest absolute Gasteiger partial charge is 0.329 e. The van der Waals surface area contributed by atoms with Crippen molar-refractivity contribution in [2.45, 2.75) is 13.1 Å². The van der Waals surface area contributed by atoms with E-state index in [1.54, 1.807) is 4.90 Å². The van der Waals surface area contributed by atoms with Crippen LogP contribution in [0.1, 0.15) is 12.5 Å². The maximum Gasteiger partial charge on any atom is 0.418 e. The molecule has 0 aromatic heterocycles. The lowest BCUT2D eigenvalue weighted by Crippen LogP contribution is -2.36. The average molecular weight is 289 g/mol. The minimum atomic E-state index is -4.49. The molecule has 0 saturated heterocycles. The van der Waals surface area contributed by atoms with E-state index in [1.165, 1.54) is 18.2 Å². The molecule has 3 N–H and O–H groups in total. The number of carbonyl (C=O) groups excluding carboxylic acids is 1. The van der Waals surface area contributed by atoms with Gasteiger partial charge in [-0.25, -0.2) is 0 Å². The van der Waals surface area contributed by atoms with Crippen LogP contribution in [0, 0.1) is 0 Å². The number of hydrogen-bond donors (Lipinski definition) is 2. The van der Waals surface area contributed by atoms with Gasteiger partial charge >= 0.3 is 6.18 Å². The number of nitrogens with two attached hydrogens (primary N) is 1. The summed E-state index contributed by atoms with van der Waals surface area (Å²) >= 11 is 0. The summed E-state index contributed by atoms with van der Waals surface area (Å²) in [6.45, 7) is 3.38. The molecule has 0 heterocycles. The highest BCUT2D eigenvalue weighted by Gasteiger charge is 2.33. The molecule has 1 amide bonds. The van der Waals surface area contributed by atoms with Gasteiger partial charge in [0.1, 0.15) is 0 Å². The summed E-state index contributed by atoms with van der Waals surface area (Å²) in [5.41, 5.74) is 4.31. The van der Waals surface area contributed by atoms with Crippen molar-refractivity contribution in [3.63, 3.8) is 0 Å². The minimum absolute atomic E-state index is 0.0138. The van der Waals surface area contributed by atoms with E-state index in [4.69, 9.17) is 5.73 Å². The van der Waals surface area contributed by atoms with Crippen molar-refractivity contribution in [1.82, 2.24) is 4.90 Å². The van der Waals surface area contributed by atoms with E-state index in [-0.39, 0.29) is 12.2 Å². The predicted octanol–water partition coefficient (Wildman–Crippen LogP) is 1.92. The average Bonchev–Trinajstić information content (AvgIpc) is 2.37. The zero-order valence-electron chi connectivity index (χ0n) is 11.2. The van der Waals surface area contributed by atoms with E-state index < -0.39 is 17.6 Å². The van der Waals surface area contributed by atoms with Gasteiger partial charge in [0.2, 0.25) is 5.91 Å². The molecule has 0 aliphatic rings. The zero-order valence-corrected chi connectivity index (χ0v) is 11.2. The number of benzene rings is 1. The number of hydrogen-bond acceptors (Lipinski definition) is 3. The Hall–Kier alpha value is -1.60. The highest BCUT2D eigenvalue weighted by atomic mass is 19.4. The molecule has 1 rings (SSSR count). The number of halogens is 3. The topological polar surface area (TPSA) is 58.4 Å². The van der Waals surface area contributed by atoms with Crippen molar-refractivity contribution in [3.8, 4) is 0 Å². The first-order valence-corrected chi connectivity index (χ1v) is 6.27. The molecule has 0 spiro atoms. The van der Waals surface area contributed by atoms with Gasteiger partial charge in [-0.2, -0.15) is 13.2 Å². The maximum atomic E-state index is 12.8. The lowest BCUT2D eigenvalue weighted by Gasteiger charge is -2.19. The van der Waals surface area contributed by atoms with Crippen LogP contribution >= 0.6 is 0 Å². The van der Waals surface area contributed by atoms with Gasteiger partial charge in [0.05, 0.1) is 17.8 Å². The quantitative estimate of drug-likeness (QED) is 0.841. The van der Waals surface area contributed by atoms with E-state index in [0.29, 0.717) is 19.6 Å². The molecule has 0 atom stereocenters. The number of para-hydroxylation sites is 1. The van der Waals surface area contributed by atoms with Gasteiger partial charge in [-0.3, -0.25) is 9.69 Å². The number of alkyl halides is 3. The normalized spacial score (nSPS) is 11.7. The monoisotopic (exact) mass is 289 g/mol. The molecule has 112 valence electrons. The molecule has 0 aliphatic carbocycles. The van der Waals surface area contributed by atoms with E-state index in [2.05, 4.69) is 5.32 Å². The van der Waals surface area contributed by atoms with Gasteiger partial charge < -0.3 is 11.1 Å². The van der Waals surface area contributed by atoms with Crippen molar-refractivity contribution in [2.75, 3.05) is 31.5 Å². The Balaban J connectivity index is 2.76. The Morgan fingerprint density at radius 2 is 2.00 bits per heavy atom. The van der Waals surface area contributed by atoms with Crippen molar-refractivity contribution in [2.24, 2.45) is 5.73 Å². The fraction of sp³-hybridized carbons (Fsp3) is 0.462. The van der Waals surface area contributed by atoms with Crippen LogP contribution < -0.4 is 11.1 Å². The van der Waals surface area contributed by atoms with Gasteiger partial charge in [-0.1, -0.05) is 19.1 Å². The van der Waals surface area contributed by atoms with Crippen LogP contribution in [0.2, 0.25) is 0 Å². The maximum absolute atomic E-state index is 12.8. The van der Waals surface area contributed by atoms with Gasteiger partial charge in [0, 0.05) is 13.1 Å². The third kappa shape index (κ3) is 4.82. The van der Waals surface area contributed by atoms with E-state index in [0.717, 1.165) is 6.07 Å². The second kappa shape index (κ2) is 7.25. The fourth-order valence-corrected chi connectivity index (χ4v) is 1.76. The van der Waals surface area contributed by atoms with Crippen molar-refractivity contribution < 1.29 is 18.0 Å². The second-order valence-electron chi connectivity index (χ2n) is 4.25. The summed E-state index contributed by atoms with van der Waals surface area (Å²) in [6.07, 6.45) is -4.49. The molecule has 0 saturated carbocycles. The lowest BCUT2D eigenvalue weighted by atomic mass is 10.1. The van der Waals surface area contributed by atoms with Crippen LogP contribution in [-0.2, 0) is 11.0 Å². The third-order valence-electron chi connectivity index (χ3n) is 2.77. The summed E-state index contributed by atoms with van der Waals surface area (Å²) in [7, 11) is 0. The standard InChI is InChI=1S/C13H18F3N3O/c1-2-19(8-7-17)9-12(20)18-11-6-4-3-5-10(11)13(14,15)16/h3-6H,2,7-9,17H2,1H3,(H,18,20). The van der Waals surface area contributed by atoms with E-state index in [1.807, 2.05) is 6.92 Å². The molecule has 20 heavy (non-hydrogen) atoms. The molecule has 0 aliphatic heterocycles. The largest absolute Gasteiger partial charge is 0.418 e. The minimum Gasteiger partial charge on any atom is -0.329 e. The first-order valence-electron chi connectivity index (χ1n) is 6.27. The zero-order chi connectivity index (χ0) is 15.2. The summed E-state index contributed by atoms with van der Waals surface area (Å²) in [5.74, 6) is -0.489. The SMILES string of the molecule is CCN(CCN)CC(=O)Nc1ccccc1C(F)(F)F. The lowest BCUT2D eigenvalue weighted by molar-refractivity contribution is -0.137. The highest BCUT2D eigenvalue weighted by molar-refractivity contribution is 5.93. The Morgan fingerprint density at radius 1 is 1.35 bits per heavy atom. The third-order valence-corrected chi connectivity index (χ3v) is 2.77. The molecule has 1 aromatic rings. The summed E-state index contributed by atoms with van der Waals surface area (Å²) < 4.78 is 38.3. The molecule has 1 aromatic carbocycles. The van der Waals surface area contributed by atoms with Gasteiger partial charge in [0.15, 0.2) is 0 Å². The van der Waals surface area contributed by atoms with Crippen molar-refractivity contribution >= 4 is 11.6 Å². The number of rotatable bonds is 6. The van der Waals surface area contributed by atoms with Crippen LogP contribution in [0.15, 0.2) is 24.3 Å². The van der Waals surface area contributed by atoms with Gasteiger partial charge in [-0.15, -0.1) is 0 Å². The van der Waals surface area contributed by atoms with Crippen LogP contribution in [0.4, 0.5) is 18.9 Å². The van der Waals surface area contributed by atoms with Gasteiger partial charge in [-0.05, 0) is 18.7 Å². The second-order valence-corrected chi connectivity index (χ2v) is 4.25. The van der Waals surface area contributed by atoms with Crippen molar-refractivity contribution in [1.29, 1.82) is 0 Å². The van der Waals surface area contributed by atoms with E-state index >= 15 is 0 Å². The molecular formula is C13H18F3N3O. The summed E-state index contributed by atoms with van der Waals surface area (Å²) in [6, 6.07) is 4.90. The Bertz CT molecular complexity index is 449. The Labute approximate surface area is 115 Å². The molecule has 0 fully saturated rings. The molecule has 7 heteroatoms. The van der Waals surface area contributed by atoms with Crippen LogP contribution in [0.5, 0.6) is 0 Å². The number of anilines is 1. The number of carbonyl (C=O) groups is 1. The molecular weight excluding hydrogens is 271 g/mol. The number of nitrogens with one attached hydrogen (secondary N) is 1. The molecule has 0 bridgehead atoms. The molecule has 0 radical (unpaired) electrons. The Morgan fingerprint density at radius 3 is 2.55 bits per heavy atom. The molecule has 0 unspecified atom stereocenters. The highest BCUT2D eigenvalue weighted by Crippen LogP contribution is 2.34. The number of amides is 1. The molecule has 4 nitrogen and oxygen atoms in total. The number of nitrogens with zero attached hydrogens (tertiary/aromatic N) is 1. The first kappa shape index (κ1) is 16.5. The predicted molar refractivity (Wildman–Crippen MR) is 71.2 cm³/mol. The summed E-state index contributed by atoms with van der Waals surface area (Å²) in [5, 5.41) is 2.30. The van der Waals surface area contributed by atoms with Crippen molar-refractivity contribution in [3.05, 3.63) is 29.8 Å².